The number of benzene rings is 1. The molecular formula is C14H19NO2. The van der Waals surface area contributed by atoms with E-state index in [-0.39, 0.29) is 0 Å². The molecule has 2 rings (SSSR count). The number of hydrogen-bond acceptors (Lipinski definition) is 2. The van der Waals surface area contributed by atoms with Crippen LogP contribution in [-0.4, -0.2) is 29.1 Å². The maximum atomic E-state index is 11.1. The number of nitrogens with zero attached hydrogens (tertiary/aromatic N) is 1. The van der Waals surface area contributed by atoms with Gasteiger partial charge in [0.05, 0.1) is 5.56 Å². The van der Waals surface area contributed by atoms with Crippen LogP contribution in [0.1, 0.15) is 35.7 Å². The van der Waals surface area contributed by atoms with Gasteiger partial charge in [-0.1, -0.05) is 25.1 Å². The first-order chi connectivity index (χ1) is 8.20. The minimum absolute atomic E-state index is 0.432. The van der Waals surface area contributed by atoms with Gasteiger partial charge in [-0.2, -0.15) is 0 Å². The lowest BCUT2D eigenvalue weighted by Gasteiger charge is -2.21. The van der Waals surface area contributed by atoms with E-state index in [1.54, 1.807) is 12.1 Å². The van der Waals surface area contributed by atoms with Crippen molar-refractivity contribution < 1.29 is 9.90 Å². The molecule has 0 atom stereocenters. The highest BCUT2D eigenvalue weighted by Gasteiger charge is 2.24. The van der Waals surface area contributed by atoms with Crippen LogP contribution in [0.2, 0.25) is 0 Å². The molecule has 0 radical (unpaired) electrons. The first-order valence-corrected chi connectivity index (χ1v) is 6.24. The van der Waals surface area contributed by atoms with E-state index in [1.807, 2.05) is 12.1 Å². The van der Waals surface area contributed by atoms with Gasteiger partial charge in [0, 0.05) is 13.1 Å². The number of carboxylic acid groups (broad SMARTS) is 1. The third-order valence-electron chi connectivity index (χ3n) is 3.30. The molecule has 1 aliphatic rings. The molecule has 0 amide bonds. The predicted octanol–water partition coefficient (Wildman–Crippen LogP) is 2.62. The first-order valence-electron chi connectivity index (χ1n) is 6.24. The Bertz CT molecular complexity index is 399. The van der Waals surface area contributed by atoms with E-state index in [2.05, 4.69) is 11.8 Å². The maximum Gasteiger partial charge on any atom is 0.336 e. The highest BCUT2D eigenvalue weighted by Crippen LogP contribution is 2.30. The summed E-state index contributed by atoms with van der Waals surface area (Å²) in [5, 5.41) is 9.13. The summed E-state index contributed by atoms with van der Waals surface area (Å²) in [5.41, 5.74) is 1.35. The summed E-state index contributed by atoms with van der Waals surface area (Å²) in [6, 6.07) is 7.29. The summed E-state index contributed by atoms with van der Waals surface area (Å²) >= 11 is 0. The van der Waals surface area contributed by atoms with E-state index < -0.39 is 5.97 Å². The predicted molar refractivity (Wildman–Crippen MR) is 67.1 cm³/mol. The molecule has 0 saturated heterocycles. The molecule has 1 aromatic carbocycles. The minimum atomic E-state index is -0.830. The van der Waals surface area contributed by atoms with Crippen LogP contribution in [0.3, 0.4) is 0 Å². The number of rotatable bonds is 6. The molecule has 1 N–H and O–H groups in total. The van der Waals surface area contributed by atoms with Gasteiger partial charge in [0.2, 0.25) is 0 Å². The van der Waals surface area contributed by atoms with Crippen molar-refractivity contribution in [1.29, 1.82) is 0 Å². The Labute approximate surface area is 102 Å². The smallest absolute Gasteiger partial charge is 0.336 e. The Kier molecular flexibility index (Phi) is 3.79. The van der Waals surface area contributed by atoms with Gasteiger partial charge in [0.15, 0.2) is 0 Å². The van der Waals surface area contributed by atoms with Gasteiger partial charge in [-0.25, -0.2) is 4.79 Å². The van der Waals surface area contributed by atoms with Crippen LogP contribution in [-0.2, 0) is 6.54 Å². The second-order valence-corrected chi connectivity index (χ2v) is 4.73. The highest BCUT2D eigenvalue weighted by atomic mass is 16.4. The molecular weight excluding hydrogens is 214 g/mol. The van der Waals surface area contributed by atoms with E-state index in [1.165, 1.54) is 12.8 Å². The molecule has 0 bridgehead atoms. The fraction of sp³-hybridized carbons (Fsp3) is 0.500. The Morgan fingerprint density at radius 3 is 2.71 bits per heavy atom. The number of hydrogen-bond donors (Lipinski definition) is 1. The van der Waals surface area contributed by atoms with Crippen molar-refractivity contribution in [2.24, 2.45) is 5.92 Å². The van der Waals surface area contributed by atoms with Crippen molar-refractivity contribution in [1.82, 2.24) is 4.90 Å². The van der Waals surface area contributed by atoms with Crippen molar-refractivity contribution in [3.63, 3.8) is 0 Å². The first kappa shape index (κ1) is 12.1. The van der Waals surface area contributed by atoms with Crippen LogP contribution in [0.15, 0.2) is 24.3 Å². The van der Waals surface area contributed by atoms with Crippen LogP contribution in [0.5, 0.6) is 0 Å². The van der Waals surface area contributed by atoms with Crippen LogP contribution in [0, 0.1) is 5.92 Å². The lowest BCUT2D eigenvalue weighted by molar-refractivity contribution is 0.0694. The van der Waals surface area contributed by atoms with Gasteiger partial charge >= 0.3 is 5.97 Å². The molecule has 0 spiro atoms. The molecule has 0 aliphatic heterocycles. The molecule has 92 valence electrons. The Hall–Kier alpha value is -1.35. The molecule has 17 heavy (non-hydrogen) atoms. The summed E-state index contributed by atoms with van der Waals surface area (Å²) in [6.45, 7) is 4.95. The molecule has 1 fully saturated rings. The van der Waals surface area contributed by atoms with Crippen molar-refractivity contribution in [2.45, 2.75) is 26.3 Å². The zero-order chi connectivity index (χ0) is 12.3. The summed E-state index contributed by atoms with van der Waals surface area (Å²) in [6.07, 6.45) is 2.66. The maximum absolute atomic E-state index is 11.1. The minimum Gasteiger partial charge on any atom is -0.478 e. The normalized spacial score (nSPS) is 15.2. The average molecular weight is 233 g/mol. The topological polar surface area (TPSA) is 40.5 Å². The molecule has 3 nitrogen and oxygen atoms in total. The molecule has 0 heterocycles. The third-order valence-corrected chi connectivity index (χ3v) is 3.30. The second kappa shape index (κ2) is 5.32. The summed E-state index contributed by atoms with van der Waals surface area (Å²) in [7, 11) is 0. The lowest BCUT2D eigenvalue weighted by Crippen LogP contribution is -2.26. The van der Waals surface area contributed by atoms with Crippen molar-refractivity contribution in [3.05, 3.63) is 35.4 Å². The van der Waals surface area contributed by atoms with Gasteiger partial charge in [0.1, 0.15) is 0 Å². The lowest BCUT2D eigenvalue weighted by atomic mass is 10.1. The van der Waals surface area contributed by atoms with Crippen molar-refractivity contribution in [2.75, 3.05) is 13.1 Å². The molecule has 1 aliphatic carbocycles. The van der Waals surface area contributed by atoms with Gasteiger partial charge in [-0.15, -0.1) is 0 Å². The van der Waals surface area contributed by atoms with E-state index in [9.17, 15) is 4.79 Å². The van der Waals surface area contributed by atoms with E-state index in [0.717, 1.165) is 31.1 Å². The van der Waals surface area contributed by atoms with Gasteiger partial charge < -0.3 is 5.11 Å². The van der Waals surface area contributed by atoms with Crippen LogP contribution in [0.25, 0.3) is 0 Å². The van der Waals surface area contributed by atoms with Gasteiger partial charge in [-0.3, -0.25) is 4.90 Å². The number of carbonyl (C=O) groups is 1. The second-order valence-electron chi connectivity index (χ2n) is 4.73. The molecule has 0 aromatic heterocycles. The van der Waals surface area contributed by atoms with Gasteiger partial charge in [-0.05, 0) is 36.9 Å². The van der Waals surface area contributed by atoms with Crippen molar-refractivity contribution in [3.8, 4) is 0 Å². The highest BCUT2D eigenvalue weighted by molar-refractivity contribution is 5.89. The third kappa shape index (κ3) is 3.30. The van der Waals surface area contributed by atoms with E-state index in [0.29, 0.717) is 5.56 Å². The standard InChI is InChI=1S/C14H19NO2/c1-2-15(9-11-7-8-11)10-12-5-3-4-6-13(12)14(16)17/h3-6,11H,2,7-10H2,1H3,(H,16,17). The summed E-state index contributed by atoms with van der Waals surface area (Å²) < 4.78 is 0. The Morgan fingerprint density at radius 2 is 2.12 bits per heavy atom. The fourth-order valence-corrected chi connectivity index (χ4v) is 2.08. The quantitative estimate of drug-likeness (QED) is 0.821. The summed E-state index contributed by atoms with van der Waals surface area (Å²) in [4.78, 5) is 13.4. The molecule has 1 aromatic rings. The fourth-order valence-electron chi connectivity index (χ4n) is 2.08. The van der Waals surface area contributed by atoms with Crippen LogP contribution < -0.4 is 0 Å². The van der Waals surface area contributed by atoms with Gasteiger partial charge in [0.25, 0.3) is 0 Å². The Balaban J connectivity index is 2.07. The molecule has 1 saturated carbocycles. The zero-order valence-corrected chi connectivity index (χ0v) is 10.2. The van der Waals surface area contributed by atoms with Crippen LogP contribution in [0.4, 0.5) is 0 Å². The monoisotopic (exact) mass is 233 g/mol. The van der Waals surface area contributed by atoms with Crippen LogP contribution >= 0.6 is 0 Å². The number of carboxylic acids is 1. The Morgan fingerprint density at radius 1 is 1.41 bits per heavy atom. The zero-order valence-electron chi connectivity index (χ0n) is 10.2. The van der Waals surface area contributed by atoms with E-state index in [4.69, 9.17) is 5.11 Å². The average Bonchev–Trinajstić information content (AvgIpc) is 3.12. The molecule has 0 unspecified atom stereocenters. The van der Waals surface area contributed by atoms with E-state index >= 15 is 0 Å². The van der Waals surface area contributed by atoms with Crippen molar-refractivity contribution >= 4 is 5.97 Å². The SMILES string of the molecule is CCN(Cc1ccccc1C(=O)O)CC1CC1. The largest absolute Gasteiger partial charge is 0.478 e. The molecule has 3 heteroatoms. The number of aromatic carboxylic acids is 1. The summed E-state index contributed by atoms with van der Waals surface area (Å²) in [5.74, 6) is 0.00927.